The SMILES string of the molecule is COCC(C)OCc1csc(C(=O)O)n1. The second kappa shape index (κ2) is 5.79. The van der Waals surface area contributed by atoms with E-state index in [2.05, 4.69) is 4.98 Å². The van der Waals surface area contributed by atoms with Crippen LogP contribution in [0.25, 0.3) is 0 Å². The van der Waals surface area contributed by atoms with Crippen LogP contribution < -0.4 is 0 Å². The Morgan fingerprint density at radius 3 is 3.00 bits per heavy atom. The van der Waals surface area contributed by atoms with E-state index in [1.807, 2.05) is 6.92 Å². The zero-order valence-electron chi connectivity index (χ0n) is 8.60. The molecule has 0 radical (unpaired) electrons. The summed E-state index contributed by atoms with van der Waals surface area (Å²) in [6.45, 7) is 2.71. The maximum absolute atomic E-state index is 10.5. The van der Waals surface area contributed by atoms with Gasteiger partial charge in [-0.25, -0.2) is 9.78 Å². The van der Waals surface area contributed by atoms with Crippen LogP contribution in [-0.2, 0) is 16.1 Å². The highest BCUT2D eigenvalue weighted by atomic mass is 32.1. The van der Waals surface area contributed by atoms with E-state index in [4.69, 9.17) is 14.6 Å². The molecule has 1 aromatic rings. The van der Waals surface area contributed by atoms with Crippen LogP contribution in [0.5, 0.6) is 0 Å². The number of ether oxygens (including phenoxy) is 2. The van der Waals surface area contributed by atoms with Crippen molar-refractivity contribution in [1.29, 1.82) is 0 Å². The summed E-state index contributed by atoms with van der Waals surface area (Å²) < 4.78 is 10.3. The zero-order valence-corrected chi connectivity index (χ0v) is 9.41. The van der Waals surface area contributed by atoms with Gasteiger partial charge in [-0.15, -0.1) is 11.3 Å². The molecule has 0 bridgehead atoms. The number of hydrogen-bond acceptors (Lipinski definition) is 5. The molecule has 0 saturated carbocycles. The van der Waals surface area contributed by atoms with Crippen LogP contribution in [0.4, 0.5) is 0 Å². The normalized spacial score (nSPS) is 12.7. The summed E-state index contributed by atoms with van der Waals surface area (Å²) in [5, 5.41) is 10.4. The Hall–Kier alpha value is -0.980. The molecule has 0 saturated heterocycles. The molecule has 1 heterocycles. The molecule has 1 unspecified atom stereocenters. The Morgan fingerprint density at radius 1 is 1.73 bits per heavy atom. The number of rotatable bonds is 6. The largest absolute Gasteiger partial charge is 0.476 e. The minimum Gasteiger partial charge on any atom is -0.476 e. The standard InChI is InChI=1S/C9H13NO4S/c1-6(3-13-2)14-4-7-5-15-8(10-7)9(11)12/h5-6H,3-4H2,1-2H3,(H,11,12). The van der Waals surface area contributed by atoms with E-state index < -0.39 is 5.97 Å². The van der Waals surface area contributed by atoms with Crippen LogP contribution in [0.15, 0.2) is 5.38 Å². The molecule has 0 fully saturated rings. The molecule has 0 amide bonds. The van der Waals surface area contributed by atoms with E-state index in [0.29, 0.717) is 18.9 Å². The van der Waals surface area contributed by atoms with E-state index >= 15 is 0 Å². The third kappa shape index (κ3) is 3.94. The number of thiazole rings is 1. The van der Waals surface area contributed by atoms with Gasteiger partial charge >= 0.3 is 5.97 Å². The Morgan fingerprint density at radius 2 is 2.47 bits per heavy atom. The Bertz CT molecular complexity index is 326. The average Bonchev–Trinajstić information content (AvgIpc) is 2.63. The first kappa shape index (κ1) is 12.1. The highest BCUT2D eigenvalue weighted by Crippen LogP contribution is 2.11. The van der Waals surface area contributed by atoms with Crippen molar-refractivity contribution in [3.63, 3.8) is 0 Å². The minimum absolute atomic E-state index is 0.0232. The molecule has 84 valence electrons. The highest BCUT2D eigenvalue weighted by molar-refractivity contribution is 7.11. The van der Waals surface area contributed by atoms with Gasteiger partial charge in [0.1, 0.15) is 0 Å². The number of carbonyl (C=O) groups is 1. The van der Waals surface area contributed by atoms with Crippen molar-refractivity contribution in [3.8, 4) is 0 Å². The fourth-order valence-corrected chi connectivity index (χ4v) is 1.62. The lowest BCUT2D eigenvalue weighted by Gasteiger charge is -2.09. The number of aromatic carboxylic acids is 1. The van der Waals surface area contributed by atoms with Gasteiger partial charge in [0.25, 0.3) is 0 Å². The van der Waals surface area contributed by atoms with Crippen molar-refractivity contribution < 1.29 is 19.4 Å². The highest BCUT2D eigenvalue weighted by Gasteiger charge is 2.09. The predicted molar refractivity (Wildman–Crippen MR) is 55.2 cm³/mol. The number of aromatic nitrogens is 1. The molecule has 0 aliphatic heterocycles. The van der Waals surface area contributed by atoms with Crippen LogP contribution in [0, 0.1) is 0 Å². The molecule has 1 aromatic heterocycles. The molecule has 0 aliphatic rings. The molecule has 1 N–H and O–H groups in total. The third-order valence-corrected chi connectivity index (χ3v) is 2.53. The van der Waals surface area contributed by atoms with Crippen molar-refractivity contribution in [2.24, 2.45) is 0 Å². The molecular weight excluding hydrogens is 218 g/mol. The Kier molecular flexibility index (Phi) is 4.67. The Labute approximate surface area is 91.7 Å². The summed E-state index contributed by atoms with van der Waals surface area (Å²) in [6.07, 6.45) is -0.0232. The van der Waals surface area contributed by atoms with Gasteiger partial charge in [0.05, 0.1) is 25.0 Å². The molecule has 15 heavy (non-hydrogen) atoms. The van der Waals surface area contributed by atoms with Gasteiger partial charge in [-0.2, -0.15) is 0 Å². The molecule has 0 spiro atoms. The average molecular weight is 231 g/mol. The lowest BCUT2D eigenvalue weighted by Crippen LogP contribution is -2.14. The fourth-order valence-electron chi connectivity index (χ4n) is 0.982. The summed E-state index contributed by atoms with van der Waals surface area (Å²) >= 11 is 1.10. The molecule has 5 nitrogen and oxygen atoms in total. The van der Waals surface area contributed by atoms with Gasteiger partial charge in [0.15, 0.2) is 0 Å². The van der Waals surface area contributed by atoms with Crippen molar-refractivity contribution in [3.05, 3.63) is 16.1 Å². The second-order valence-electron chi connectivity index (χ2n) is 3.03. The van der Waals surface area contributed by atoms with Crippen LogP contribution in [0.1, 0.15) is 22.4 Å². The van der Waals surface area contributed by atoms with Crippen molar-refractivity contribution in [1.82, 2.24) is 4.98 Å². The smallest absolute Gasteiger partial charge is 0.365 e. The number of carboxylic acid groups (broad SMARTS) is 1. The first-order chi connectivity index (χ1) is 7.13. The topological polar surface area (TPSA) is 68.7 Å². The van der Waals surface area contributed by atoms with Crippen molar-refractivity contribution in [2.45, 2.75) is 19.6 Å². The van der Waals surface area contributed by atoms with E-state index in [1.165, 1.54) is 0 Å². The quantitative estimate of drug-likeness (QED) is 0.801. The number of carboxylic acids is 1. The van der Waals surface area contributed by atoms with Gasteiger partial charge < -0.3 is 14.6 Å². The predicted octanol–water partition coefficient (Wildman–Crippen LogP) is 1.39. The first-order valence-electron chi connectivity index (χ1n) is 4.41. The molecule has 0 aliphatic carbocycles. The van der Waals surface area contributed by atoms with Crippen molar-refractivity contribution in [2.75, 3.05) is 13.7 Å². The molecule has 0 aromatic carbocycles. The number of methoxy groups -OCH3 is 1. The second-order valence-corrected chi connectivity index (χ2v) is 3.88. The fraction of sp³-hybridized carbons (Fsp3) is 0.556. The third-order valence-electron chi connectivity index (χ3n) is 1.65. The molecular formula is C9H13NO4S. The number of nitrogens with zero attached hydrogens (tertiary/aromatic N) is 1. The van der Waals surface area contributed by atoms with Crippen LogP contribution >= 0.6 is 11.3 Å². The lowest BCUT2D eigenvalue weighted by atomic mass is 10.4. The zero-order chi connectivity index (χ0) is 11.3. The molecule has 6 heteroatoms. The van der Waals surface area contributed by atoms with Gasteiger partial charge in [-0.1, -0.05) is 0 Å². The van der Waals surface area contributed by atoms with E-state index in [9.17, 15) is 4.79 Å². The van der Waals surface area contributed by atoms with Crippen molar-refractivity contribution >= 4 is 17.3 Å². The first-order valence-corrected chi connectivity index (χ1v) is 5.29. The van der Waals surface area contributed by atoms with Gasteiger partial charge in [-0.3, -0.25) is 0 Å². The van der Waals surface area contributed by atoms with Gasteiger partial charge in [0.2, 0.25) is 5.01 Å². The van der Waals surface area contributed by atoms with Crippen LogP contribution in [0.3, 0.4) is 0 Å². The Balaban J connectivity index is 2.40. The van der Waals surface area contributed by atoms with Gasteiger partial charge in [0, 0.05) is 12.5 Å². The minimum atomic E-state index is -1.00. The van der Waals surface area contributed by atoms with E-state index in [-0.39, 0.29) is 11.1 Å². The monoisotopic (exact) mass is 231 g/mol. The van der Waals surface area contributed by atoms with E-state index in [1.54, 1.807) is 12.5 Å². The summed E-state index contributed by atoms with van der Waals surface area (Å²) in [5.41, 5.74) is 0.639. The summed E-state index contributed by atoms with van der Waals surface area (Å²) in [6, 6.07) is 0. The lowest BCUT2D eigenvalue weighted by molar-refractivity contribution is -0.00124. The van der Waals surface area contributed by atoms with E-state index in [0.717, 1.165) is 11.3 Å². The summed E-state index contributed by atoms with van der Waals surface area (Å²) in [5.74, 6) is -1.00. The maximum Gasteiger partial charge on any atom is 0.365 e. The van der Waals surface area contributed by atoms with Crippen LogP contribution in [0.2, 0.25) is 0 Å². The van der Waals surface area contributed by atoms with Crippen LogP contribution in [-0.4, -0.2) is 35.9 Å². The molecule has 1 rings (SSSR count). The summed E-state index contributed by atoms with van der Waals surface area (Å²) in [4.78, 5) is 14.4. The van der Waals surface area contributed by atoms with Gasteiger partial charge in [-0.05, 0) is 6.92 Å². The summed E-state index contributed by atoms with van der Waals surface area (Å²) in [7, 11) is 1.60. The maximum atomic E-state index is 10.5. The molecule has 1 atom stereocenters. The number of hydrogen-bond donors (Lipinski definition) is 1.